The number of hydrogen-bond acceptors (Lipinski definition) is 4. The standard InChI is InChI=1S/C18H15NO3/c1-12-3-2-4-14(9-12)18-19-15(11-22-18)13-5-6-16-17(10-13)21-8-7-20-16/h2-6,9-11H,7-8H2,1H3. The van der Waals surface area contributed by atoms with Crippen LogP contribution in [0.2, 0.25) is 0 Å². The Morgan fingerprint density at radius 2 is 1.77 bits per heavy atom. The van der Waals surface area contributed by atoms with Crippen LogP contribution in [0.1, 0.15) is 5.56 Å². The van der Waals surface area contributed by atoms with Crippen molar-refractivity contribution in [3.05, 3.63) is 54.3 Å². The molecule has 2 heterocycles. The van der Waals surface area contributed by atoms with Crippen molar-refractivity contribution in [3.8, 4) is 34.2 Å². The summed E-state index contributed by atoms with van der Waals surface area (Å²) in [5.41, 5.74) is 3.89. The minimum absolute atomic E-state index is 0.573. The van der Waals surface area contributed by atoms with E-state index in [0.717, 1.165) is 28.3 Å². The van der Waals surface area contributed by atoms with Crippen molar-refractivity contribution in [2.45, 2.75) is 6.92 Å². The van der Waals surface area contributed by atoms with E-state index in [-0.39, 0.29) is 0 Å². The molecule has 0 radical (unpaired) electrons. The van der Waals surface area contributed by atoms with E-state index in [1.165, 1.54) is 5.56 Å². The van der Waals surface area contributed by atoms with Crippen molar-refractivity contribution in [1.82, 2.24) is 4.98 Å². The first-order valence-electron chi connectivity index (χ1n) is 7.22. The maximum absolute atomic E-state index is 5.62. The van der Waals surface area contributed by atoms with Crippen LogP contribution >= 0.6 is 0 Å². The van der Waals surface area contributed by atoms with Gasteiger partial charge in [0, 0.05) is 11.1 Å². The van der Waals surface area contributed by atoms with Gasteiger partial charge < -0.3 is 13.9 Å². The van der Waals surface area contributed by atoms with E-state index >= 15 is 0 Å². The van der Waals surface area contributed by atoms with Gasteiger partial charge in [-0.1, -0.05) is 17.7 Å². The average molecular weight is 293 g/mol. The van der Waals surface area contributed by atoms with E-state index in [4.69, 9.17) is 13.9 Å². The second-order valence-electron chi connectivity index (χ2n) is 5.27. The summed E-state index contributed by atoms with van der Waals surface area (Å²) in [6, 6.07) is 13.9. The maximum atomic E-state index is 5.62. The number of ether oxygens (including phenoxy) is 2. The lowest BCUT2D eigenvalue weighted by molar-refractivity contribution is 0.171. The van der Waals surface area contributed by atoms with Crippen LogP contribution in [-0.2, 0) is 0 Å². The lowest BCUT2D eigenvalue weighted by Crippen LogP contribution is -2.15. The van der Waals surface area contributed by atoms with Crippen LogP contribution < -0.4 is 9.47 Å². The third kappa shape index (κ3) is 2.33. The Bertz CT molecular complexity index is 823. The largest absolute Gasteiger partial charge is 0.486 e. The molecule has 1 aliphatic rings. The number of benzene rings is 2. The first kappa shape index (κ1) is 13.0. The zero-order valence-electron chi connectivity index (χ0n) is 12.2. The van der Waals surface area contributed by atoms with Crippen LogP contribution in [0, 0.1) is 6.92 Å². The number of nitrogens with zero attached hydrogens (tertiary/aromatic N) is 1. The number of aryl methyl sites for hydroxylation is 1. The second kappa shape index (κ2) is 5.22. The predicted octanol–water partition coefficient (Wildman–Crippen LogP) is 4.09. The highest BCUT2D eigenvalue weighted by Gasteiger charge is 2.14. The van der Waals surface area contributed by atoms with Gasteiger partial charge in [-0.05, 0) is 37.3 Å². The van der Waals surface area contributed by atoms with Crippen molar-refractivity contribution < 1.29 is 13.9 Å². The van der Waals surface area contributed by atoms with Crippen LogP contribution in [0.4, 0.5) is 0 Å². The Morgan fingerprint density at radius 1 is 0.909 bits per heavy atom. The van der Waals surface area contributed by atoms with Crippen molar-refractivity contribution in [2.75, 3.05) is 13.2 Å². The van der Waals surface area contributed by atoms with Gasteiger partial charge >= 0.3 is 0 Å². The first-order chi connectivity index (χ1) is 10.8. The van der Waals surface area contributed by atoms with E-state index in [0.29, 0.717) is 19.1 Å². The number of hydrogen-bond donors (Lipinski definition) is 0. The molecule has 0 saturated carbocycles. The molecule has 4 rings (SSSR count). The molecule has 22 heavy (non-hydrogen) atoms. The molecule has 0 saturated heterocycles. The Hall–Kier alpha value is -2.75. The van der Waals surface area contributed by atoms with Gasteiger partial charge in [0.25, 0.3) is 0 Å². The molecular weight excluding hydrogens is 278 g/mol. The van der Waals surface area contributed by atoms with E-state index < -0.39 is 0 Å². The summed E-state index contributed by atoms with van der Waals surface area (Å²) in [4.78, 5) is 4.58. The van der Waals surface area contributed by atoms with Crippen molar-refractivity contribution in [1.29, 1.82) is 0 Å². The number of rotatable bonds is 2. The van der Waals surface area contributed by atoms with Gasteiger partial charge in [0.15, 0.2) is 11.5 Å². The highest BCUT2D eigenvalue weighted by atomic mass is 16.6. The summed E-state index contributed by atoms with van der Waals surface area (Å²) in [6.45, 7) is 3.21. The molecule has 2 aromatic carbocycles. The lowest BCUT2D eigenvalue weighted by Gasteiger charge is -2.18. The van der Waals surface area contributed by atoms with Gasteiger partial charge in [0.1, 0.15) is 25.2 Å². The molecular formula is C18H15NO3. The van der Waals surface area contributed by atoms with Crippen LogP contribution in [0.25, 0.3) is 22.7 Å². The van der Waals surface area contributed by atoms with Crippen molar-refractivity contribution in [3.63, 3.8) is 0 Å². The molecule has 0 aliphatic carbocycles. The van der Waals surface area contributed by atoms with Gasteiger partial charge in [-0.25, -0.2) is 4.98 Å². The summed E-state index contributed by atoms with van der Waals surface area (Å²) >= 11 is 0. The van der Waals surface area contributed by atoms with Crippen LogP contribution in [0.5, 0.6) is 11.5 Å². The summed E-state index contributed by atoms with van der Waals surface area (Å²) in [7, 11) is 0. The molecule has 0 atom stereocenters. The smallest absolute Gasteiger partial charge is 0.226 e. The minimum atomic E-state index is 0.573. The molecule has 0 amide bonds. The summed E-state index contributed by atoms with van der Waals surface area (Å²) < 4.78 is 16.8. The van der Waals surface area contributed by atoms with E-state index in [1.54, 1.807) is 6.26 Å². The Morgan fingerprint density at radius 3 is 2.64 bits per heavy atom. The minimum Gasteiger partial charge on any atom is -0.486 e. The molecule has 1 aromatic heterocycles. The third-order valence-electron chi connectivity index (χ3n) is 3.61. The van der Waals surface area contributed by atoms with Crippen LogP contribution in [0.3, 0.4) is 0 Å². The molecule has 4 heteroatoms. The summed E-state index contributed by atoms with van der Waals surface area (Å²) in [6.07, 6.45) is 1.67. The van der Waals surface area contributed by atoms with Crippen molar-refractivity contribution >= 4 is 0 Å². The Labute approximate surface area is 128 Å². The number of fused-ring (bicyclic) bond motifs is 1. The summed E-state index contributed by atoms with van der Waals surface area (Å²) in [5.74, 6) is 2.15. The fourth-order valence-corrected chi connectivity index (χ4v) is 2.52. The first-order valence-corrected chi connectivity index (χ1v) is 7.22. The molecule has 0 unspecified atom stereocenters. The lowest BCUT2D eigenvalue weighted by atomic mass is 10.1. The SMILES string of the molecule is Cc1cccc(-c2nc(-c3ccc4c(c3)OCCO4)co2)c1. The molecule has 3 aromatic rings. The highest BCUT2D eigenvalue weighted by Crippen LogP contribution is 2.35. The van der Waals surface area contributed by atoms with Gasteiger partial charge in [0.05, 0.1) is 0 Å². The Kier molecular flexibility index (Phi) is 3.07. The molecule has 0 spiro atoms. The number of aromatic nitrogens is 1. The van der Waals surface area contributed by atoms with Gasteiger partial charge in [-0.3, -0.25) is 0 Å². The molecule has 0 fully saturated rings. The predicted molar refractivity (Wildman–Crippen MR) is 83.1 cm³/mol. The third-order valence-corrected chi connectivity index (χ3v) is 3.61. The molecule has 110 valence electrons. The normalized spacial score (nSPS) is 13.1. The quantitative estimate of drug-likeness (QED) is 0.714. The summed E-state index contributed by atoms with van der Waals surface area (Å²) in [5, 5.41) is 0. The zero-order valence-corrected chi connectivity index (χ0v) is 12.2. The van der Waals surface area contributed by atoms with Gasteiger partial charge in [-0.15, -0.1) is 0 Å². The van der Waals surface area contributed by atoms with Gasteiger partial charge in [0.2, 0.25) is 5.89 Å². The number of oxazole rings is 1. The van der Waals surface area contributed by atoms with E-state index in [9.17, 15) is 0 Å². The van der Waals surface area contributed by atoms with Crippen LogP contribution in [-0.4, -0.2) is 18.2 Å². The fourth-order valence-electron chi connectivity index (χ4n) is 2.52. The topological polar surface area (TPSA) is 44.5 Å². The van der Waals surface area contributed by atoms with E-state index in [2.05, 4.69) is 11.1 Å². The Balaban J connectivity index is 1.69. The molecule has 4 nitrogen and oxygen atoms in total. The van der Waals surface area contributed by atoms with Crippen LogP contribution in [0.15, 0.2) is 53.1 Å². The average Bonchev–Trinajstić information content (AvgIpc) is 3.04. The molecule has 1 aliphatic heterocycles. The monoisotopic (exact) mass is 293 g/mol. The molecule has 0 bridgehead atoms. The second-order valence-corrected chi connectivity index (χ2v) is 5.27. The highest BCUT2D eigenvalue weighted by molar-refractivity contribution is 5.66. The molecule has 0 N–H and O–H groups in total. The maximum Gasteiger partial charge on any atom is 0.226 e. The van der Waals surface area contributed by atoms with Gasteiger partial charge in [-0.2, -0.15) is 0 Å². The van der Waals surface area contributed by atoms with Crippen molar-refractivity contribution in [2.24, 2.45) is 0 Å². The fraction of sp³-hybridized carbons (Fsp3) is 0.167. The zero-order chi connectivity index (χ0) is 14.9. The van der Waals surface area contributed by atoms with E-state index in [1.807, 2.05) is 43.3 Å².